The molecule has 0 radical (unpaired) electrons. The zero-order chi connectivity index (χ0) is 17.3. The molecule has 0 unspecified atom stereocenters. The van der Waals surface area contributed by atoms with Gasteiger partial charge in [-0.05, 0) is 23.6 Å². The number of carbonyl (C=O) groups excluding carboxylic acids is 1. The van der Waals surface area contributed by atoms with Crippen molar-refractivity contribution in [2.24, 2.45) is 0 Å². The second-order valence-corrected chi connectivity index (χ2v) is 5.52. The Hall–Kier alpha value is -2.61. The van der Waals surface area contributed by atoms with Crippen LogP contribution >= 0.6 is 0 Å². The van der Waals surface area contributed by atoms with Gasteiger partial charge in [-0.3, -0.25) is 9.59 Å². The topological polar surface area (TPSA) is 74.0 Å². The van der Waals surface area contributed by atoms with Crippen molar-refractivity contribution in [3.8, 4) is 0 Å². The van der Waals surface area contributed by atoms with E-state index in [1.165, 1.54) is 0 Å². The molecule has 1 aliphatic rings. The van der Waals surface area contributed by atoms with Crippen LogP contribution in [0.5, 0.6) is 0 Å². The molecule has 1 aromatic carbocycles. The minimum atomic E-state index is -4.61. The van der Waals surface area contributed by atoms with E-state index in [1.807, 2.05) is 29.2 Å². The van der Waals surface area contributed by atoms with Gasteiger partial charge in [0.15, 0.2) is 0 Å². The molecular weight excluding hydrogens is 323 g/mol. The molecule has 2 aromatic rings. The van der Waals surface area contributed by atoms with Gasteiger partial charge in [-0.2, -0.15) is 13.2 Å². The van der Waals surface area contributed by atoms with Gasteiger partial charge in [0.25, 0.3) is 5.56 Å². The maximum absolute atomic E-state index is 12.7. The predicted molar refractivity (Wildman–Crippen MR) is 81.5 cm³/mol. The molecule has 0 spiro atoms. The molecule has 0 fully saturated rings. The monoisotopic (exact) mass is 337 g/mol. The van der Waals surface area contributed by atoms with E-state index in [4.69, 9.17) is 0 Å². The van der Waals surface area contributed by atoms with Crippen molar-refractivity contribution in [3.63, 3.8) is 0 Å². The average Bonchev–Trinajstić information content (AvgIpc) is 2.55. The Bertz CT molecular complexity index is 830. The normalized spacial score (nSPS) is 17.2. The summed E-state index contributed by atoms with van der Waals surface area (Å²) in [6, 6.07) is 7.60. The van der Waals surface area contributed by atoms with Crippen LogP contribution in [-0.2, 0) is 23.9 Å². The van der Waals surface area contributed by atoms with E-state index in [1.54, 1.807) is 0 Å². The van der Waals surface area contributed by atoms with Crippen molar-refractivity contribution >= 4 is 11.6 Å². The number of pyridine rings is 1. The molecular formula is C16H14F3N3O2. The first-order valence-electron chi connectivity index (χ1n) is 7.25. The second-order valence-electron chi connectivity index (χ2n) is 5.52. The summed E-state index contributed by atoms with van der Waals surface area (Å²) in [6.07, 6.45) is -3.63. The summed E-state index contributed by atoms with van der Waals surface area (Å²) >= 11 is 0. The number of aromatic nitrogens is 1. The largest absolute Gasteiger partial charge is 0.417 e. The van der Waals surface area contributed by atoms with Gasteiger partial charge < -0.3 is 15.6 Å². The van der Waals surface area contributed by atoms with Crippen LogP contribution in [0.2, 0.25) is 0 Å². The zero-order valence-electron chi connectivity index (χ0n) is 12.4. The number of fused-ring (bicyclic) bond motifs is 1. The Kier molecular flexibility index (Phi) is 4.15. The number of rotatable bonds is 2. The number of nitrogens with one attached hydrogen (secondary N) is 3. The van der Waals surface area contributed by atoms with Crippen LogP contribution in [-0.4, -0.2) is 16.9 Å². The third-order valence-corrected chi connectivity index (χ3v) is 3.89. The fourth-order valence-electron chi connectivity index (χ4n) is 2.60. The van der Waals surface area contributed by atoms with E-state index < -0.39 is 34.9 Å². The van der Waals surface area contributed by atoms with Crippen molar-refractivity contribution in [1.29, 1.82) is 0 Å². The first kappa shape index (κ1) is 16.3. The lowest BCUT2D eigenvalue weighted by Crippen LogP contribution is -2.45. The lowest BCUT2D eigenvalue weighted by Gasteiger charge is -2.25. The number of alkyl halides is 3. The lowest BCUT2D eigenvalue weighted by molar-refractivity contribution is -0.137. The van der Waals surface area contributed by atoms with Gasteiger partial charge in [0.2, 0.25) is 5.91 Å². The van der Waals surface area contributed by atoms with Gasteiger partial charge in [0.1, 0.15) is 5.69 Å². The summed E-state index contributed by atoms with van der Waals surface area (Å²) in [6.45, 7) is 0.479. The highest BCUT2D eigenvalue weighted by atomic mass is 19.4. The Morgan fingerprint density at radius 2 is 1.92 bits per heavy atom. The summed E-state index contributed by atoms with van der Waals surface area (Å²) in [5.41, 5.74) is -0.171. The molecule has 8 heteroatoms. The smallest absolute Gasteiger partial charge is 0.327 e. The highest BCUT2D eigenvalue weighted by molar-refractivity contribution is 5.95. The molecule has 1 aliphatic heterocycles. The fraction of sp³-hybridized carbons (Fsp3) is 0.250. The quantitative estimate of drug-likeness (QED) is 0.785. The number of H-pyrrole nitrogens is 1. The molecule has 126 valence electrons. The third-order valence-electron chi connectivity index (χ3n) is 3.89. The highest BCUT2D eigenvalue weighted by Gasteiger charge is 2.32. The standard InChI is InChI=1S/C16H14F3N3O2/c17-16(18,19)11-6-13(14(23)21-8-11)22-15(24)12-5-9-3-1-2-4-10(9)7-20-12/h1-4,6,8,12,20H,5,7H2,(H,21,23)(H,22,24)/t12-/m0/s1. The predicted octanol–water partition coefficient (Wildman–Crippen LogP) is 2.05. The number of anilines is 1. The summed E-state index contributed by atoms with van der Waals surface area (Å²) < 4.78 is 38.1. The minimum absolute atomic E-state index is 0.402. The maximum atomic E-state index is 12.7. The Morgan fingerprint density at radius 3 is 2.62 bits per heavy atom. The highest BCUT2D eigenvalue weighted by Crippen LogP contribution is 2.29. The Labute approximate surface area is 134 Å². The number of hydrogen-bond acceptors (Lipinski definition) is 3. The molecule has 0 aliphatic carbocycles. The van der Waals surface area contributed by atoms with Crippen LogP contribution in [0.4, 0.5) is 18.9 Å². The van der Waals surface area contributed by atoms with Gasteiger partial charge >= 0.3 is 6.18 Å². The maximum Gasteiger partial charge on any atom is 0.417 e. The first-order chi connectivity index (χ1) is 11.3. The zero-order valence-corrected chi connectivity index (χ0v) is 12.4. The third kappa shape index (κ3) is 3.33. The van der Waals surface area contributed by atoms with Crippen molar-refractivity contribution in [3.05, 3.63) is 63.6 Å². The van der Waals surface area contributed by atoms with E-state index in [2.05, 4.69) is 10.6 Å². The van der Waals surface area contributed by atoms with Gasteiger partial charge in [-0.15, -0.1) is 0 Å². The lowest BCUT2D eigenvalue weighted by atomic mass is 9.95. The number of benzene rings is 1. The van der Waals surface area contributed by atoms with Crippen LogP contribution < -0.4 is 16.2 Å². The number of halogens is 3. The summed E-state index contributed by atoms with van der Waals surface area (Å²) in [4.78, 5) is 25.9. The SMILES string of the molecule is O=C(Nc1cc(C(F)(F)F)c[nH]c1=O)[C@@H]1Cc2ccccc2CN1. The minimum Gasteiger partial charge on any atom is -0.327 e. The average molecular weight is 337 g/mol. The van der Waals surface area contributed by atoms with Crippen molar-refractivity contribution in [1.82, 2.24) is 10.3 Å². The summed E-state index contributed by atoms with van der Waals surface area (Å²) in [5, 5.41) is 5.29. The van der Waals surface area contributed by atoms with E-state index in [0.717, 1.165) is 11.1 Å². The van der Waals surface area contributed by atoms with E-state index in [-0.39, 0.29) is 0 Å². The molecule has 24 heavy (non-hydrogen) atoms. The van der Waals surface area contributed by atoms with Gasteiger partial charge in [-0.1, -0.05) is 24.3 Å². The second kappa shape index (κ2) is 6.12. The molecule has 1 atom stereocenters. The number of hydrogen-bond donors (Lipinski definition) is 3. The van der Waals surface area contributed by atoms with E-state index in [9.17, 15) is 22.8 Å². The van der Waals surface area contributed by atoms with Crippen LogP contribution in [0.25, 0.3) is 0 Å². The molecule has 3 rings (SSSR count). The molecule has 3 N–H and O–H groups in total. The Balaban J connectivity index is 1.77. The molecule has 1 amide bonds. The number of aromatic amines is 1. The molecule has 0 saturated carbocycles. The molecule has 5 nitrogen and oxygen atoms in total. The van der Waals surface area contributed by atoms with Gasteiger partial charge in [0, 0.05) is 12.7 Å². The van der Waals surface area contributed by atoms with Crippen LogP contribution in [0, 0.1) is 0 Å². The molecule has 0 bridgehead atoms. The van der Waals surface area contributed by atoms with Crippen molar-refractivity contribution < 1.29 is 18.0 Å². The number of carbonyl (C=O) groups is 1. The van der Waals surface area contributed by atoms with Gasteiger partial charge in [0.05, 0.1) is 11.6 Å². The van der Waals surface area contributed by atoms with Crippen LogP contribution in [0.1, 0.15) is 16.7 Å². The summed E-state index contributed by atoms with van der Waals surface area (Å²) in [7, 11) is 0. The Morgan fingerprint density at radius 1 is 1.21 bits per heavy atom. The molecule has 2 heterocycles. The summed E-state index contributed by atoms with van der Waals surface area (Å²) in [5.74, 6) is -0.547. The van der Waals surface area contributed by atoms with Crippen molar-refractivity contribution in [2.45, 2.75) is 25.2 Å². The van der Waals surface area contributed by atoms with Crippen LogP contribution in [0.3, 0.4) is 0 Å². The number of amides is 1. The van der Waals surface area contributed by atoms with Crippen molar-refractivity contribution in [2.75, 3.05) is 5.32 Å². The van der Waals surface area contributed by atoms with Gasteiger partial charge in [-0.25, -0.2) is 0 Å². The first-order valence-corrected chi connectivity index (χ1v) is 7.25. The van der Waals surface area contributed by atoms with Crippen LogP contribution in [0.15, 0.2) is 41.3 Å². The molecule has 0 saturated heterocycles. The fourth-order valence-corrected chi connectivity index (χ4v) is 2.60. The van der Waals surface area contributed by atoms with E-state index >= 15 is 0 Å². The molecule has 1 aromatic heterocycles. The van der Waals surface area contributed by atoms with E-state index in [0.29, 0.717) is 25.2 Å².